The summed E-state index contributed by atoms with van der Waals surface area (Å²) in [5, 5.41) is 0. The highest BCUT2D eigenvalue weighted by Gasteiger charge is 2.15. The maximum absolute atomic E-state index is 12.0. The summed E-state index contributed by atoms with van der Waals surface area (Å²) >= 11 is 0. The number of carbonyl (C=O) groups excluding carboxylic acids is 2. The van der Waals surface area contributed by atoms with E-state index >= 15 is 0 Å². The van der Waals surface area contributed by atoms with Crippen LogP contribution in [0.25, 0.3) is 0 Å². The third-order valence-corrected chi connectivity index (χ3v) is 3.46. The second kappa shape index (κ2) is 9.31. The van der Waals surface area contributed by atoms with Gasteiger partial charge in [0.05, 0.1) is 7.11 Å². The number of rotatable bonds is 7. The van der Waals surface area contributed by atoms with Crippen LogP contribution in [0.15, 0.2) is 48.5 Å². The Balaban J connectivity index is 1.75. The predicted octanol–water partition coefficient (Wildman–Crippen LogP) is 2.00. The molecule has 2 amide bonds. The van der Waals surface area contributed by atoms with Gasteiger partial charge in [-0.3, -0.25) is 20.4 Å². The number of amides is 2. The number of hydrogen-bond donors (Lipinski definition) is 2. The van der Waals surface area contributed by atoms with Crippen molar-refractivity contribution < 1.29 is 23.8 Å². The summed E-state index contributed by atoms with van der Waals surface area (Å²) < 4.78 is 16.0. The highest BCUT2D eigenvalue weighted by molar-refractivity contribution is 5.85. The van der Waals surface area contributed by atoms with Crippen LogP contribution in [0.5, 0.6) is 17.2 Å². The molecule has 0 saturated carbocycles. The van der Waals surface area contributed by atoms with Crippen LogP contribution in [-0.4, -0.2) is 31.6 Å². The predicted molar refractivity (Wildman–Crippen MR) is 96.0 cm³/mol. The van der Waals surface area contributed by atoms with Crippen molar-refractivity contribution in [3.05, 3.63) is 54.1 Å². The molecule has 0 fully saturated rings. The smallest absolute Gasteiger partial charge is 0.279 e. The van der Waals surface area contributed by atoms with E-state index in [1.165, 1.54) is 7.11 Å². The second-order valence-electron chi connectivity index (χ2n) is 5.55. The Bertz CT molecular complexity index is 746. The Kier molecular flexibility index (Phi) is 6.84. The molecule has 1 unspecified atom stereocenters. The van der Waals surface area contributed by atoms with Crippen LogP contribution in [0, 0.1) is 6.92 Å². The van der Waals surface area contributed by atoms with E-state index in [0.717, 1.165) is 5.56 Å². The first-order valence-electron chi connectivity index (χ1n) is 8.07. The molecule has 0 bridgehead atoms. The molecule has 0 aliphatic carbocycles. The van der Waals surface area contributed by atoms with Gasteiger partial charge in [0.2, 0.25) is 0 Å². The molecular formula is C19H22N2O5. The monoisotopic (exact) mass is 358 g/mol. The number of hydrogen-bond acceptors (Lipinski definition) is 5. The average Bonchev–Trinajstić information content (AvgIpc) is 2.66. The zero-order valence-electron chi connectivity index (χ0n) is 14.9. The molecule has 138 valence electrons. The Morgan fingerprint density at radius 3 is 2.31 bits per heavy atom. The van der Waals surface area contributed by atoms with E-state index in [1.54, 1.807) is 43.3 Å². The van der Waals surface area contributed by atoms with Crippen molar-refractivity contribution in [2.75, 3.05) is 13.7 Å². The van der Waals surface area contributed by atoms with Gasteiger partial charge in [0.25, 0.3) is 11.8 Å². The molecule has 0 heterocycles. The van der Waals surface area contributed by atoms with Gasteiger partial charge in [-0.1, -0.05) is 29.8 Å². The highest BCUT2D eigenvalue weighted by atomic mass is 16.5. The van der Waals surface area contributed by atoms with E-state index in [0.29, 0.717) is 17.2 Å². The lowest BCUT2D eigenvalue weighted by molar-refractivity contribution is -0.133. The number of nitrogens with one attached hydrogen (secondary N) is 2. The van der Waals surface area contributed by atoms with Crippen LogP contribution >= 0.6 is 0 Å². The minimum absolute atomic E-state index is 0.270. The molecule has 2 rings (SSSR count). The number of methoxy groups -OCH3 is 1. The summed E-state index contributed by atoms with van der Waals surface area (Å²) in [4.78, 5) is 23.8. The molecular weight excluding hydrogens is 336 g/mol. The van der Waals surface area contributed by atoms with Gasteiger partial charge in [0.1, 0.15) is 5.75 Å². The summed E-state index contributed by atoms with van der Waals surface area (Å²) in [5.74, 6) is 0.545. The zero-order valence-corrected chi connectivity index (χ0v) is 14.9. The minimum atomic E-state index is -0.770. The summed E-state index contributed by atoms with van der Waals surface area (Å²) in [6.45, 7) is 3.28. The SMILES string of the molecule is COc1ccccc1OCC(=O)NNC(=O)C(C)Oc1ccc(C)cc1. The quantitative estimate of drug-likeness (QED) is 0.740. The summed E-state index contributed by atoms with van der Waals surface area (Å²) in [7, 11) is 1.51. The van der Waals surface area contributed by atoms with Gasteiger partial charge in [0, 0.05) is 0 Å². The largest absolute Gasteiger partial charge is 0.493 e. The average molecular weight is 358 g/mol. The van der Waals surface area contributed by atoms with E-state index in [2.05, 4.69) is 10.9 Å². The molecule has 0 aliphatic rings. The van der Waals surface area contributed by atoms with Crippen molar-refractivity contribution >= 4 is 11.8 Å². The normalized spacial score (nSPS) is 11.2. The van der Waals surface area contributed by atoms with E-state index in [-0.39, 0.29) is 6.61 Å². The third-order valence-electron chi connectivity index (χ3n) is 3.46. The zero-order chi connectivity index (χ0) is 18.9. The lowest BCUT2D eigenvalue weighted by atomic mass is 10.2. The maximum atomic E-state index is 12.0. The fraction of sp³-hybridized carbons (Fsp3) is 0.263. The number of benzene rings is 2. The molecule has 0 spiro atoms. The Hall–Kier alpha value is -3.22. The number of hydrazine groups is 1. The Labute approximate surface area is 152 Å². The fourth-order valence-electron chi connectivity index (χ4n) is 2.02. The van der Waals surface area contributed by atoms with Gasteiger partial charge in [-0.05, 0) is 38.1 Å². The first-order chi connectivity index (χ1) is 12.5. The number of aryl methyl sites for hydroxylation is 1. The highest BCUT2D eigenvalue weighted by Crippen LogP contribution is 2.25. The number of para-hydroxylation sites is 2. The topological polar surface area (TPSA) is 85.9 Å². The Morgan fingerprint density at radius 2 is 1.65 bits per heavy atom. The van der Waals surface area contributed by atoms with Crippen LogP contribution in [-0.2, 0) is 9.59 Å². The maximum Gasteiger partial charge on any atom is 0.279 e. The van der Waals surface area contributed by atoms with Gasteiger partial charge < -0.3 is 14.2 Å². The molecule has 0 radical (unpaired) electrons. The van der Waals surface area contributed by atoms with E-state index in [1.807, 2.05) is 19.1 Å². The molecule has 2 aromatic carbocycles. The van der Waals surface area contributed by atoms with E-state index in [9.17, 15) is 9.59 Å². The fourth-order valence-corrected chi connectivity index (χ4v) is 2.02. The van der Waals surface area contributed by atoms with Crippen LogP contribution in [0.3, 0.4) is 0 Å². The van der Waals surface area contributed by atoms with Crippen molar-refractivity contribution in [2.45, 2.75) is 20.0 Å². The van der Waals surface area contributed by atoms with Gasteiger partial charge in [0.15, 0.2) is 24.2 Å². The van der Waals surface area contributed by atoms with Crippen molar-refractivity contribution in [1.29, 1.82) is 0 Å². The second-order valence-corrected chi connectivity index (χ2v) is 5.55. The number of ether oxygens (including phenoxy) is 3. The molecule has 26 heavy (non-hydrogen) atoms. The lowest BCUT2D eigenvalue weighted by Gasteiger charge is -2.15. The van der Waals surface area contributed by atoms with Crippen molar-refractivity contribution in [2.24, 2.45) is 0 Å². The molecule has 0 aliphatic heterocycles. The van der Waals surface area contributed by atoms with E-state index in [4.69, 9.17) is 14.2 Å². The molecule has 7 nitrogen and oxygen atoms in total. The van der Waals surface area contributed by atoms with Gasteiger partial charge in [-0.2, -0.15) is 0 Å². The molecule has 0 saturated heterocycles. The standard InChI is InChI=1S/C19H22N2O5/c1-13-8-10-15(11-9-13)26-14(2)19(23)21-20-18(22)12-25-17-7-5-4-6-16(17)24-3/h4-11,14H,12H2,1-3H3,(H,20,22)(H,21,23). The lowest BCUT2D eigenvalue weighted by Crippen LogP contribution is -2.48. The van der Waals surface area contributed by atoms with Gasteiger partial charge in [-0.25, -0.2) is 0 Å². The van der Waals surface area contributed by atoms with Gasteiger partial charge >= 0.3 is 0 Å². The number of carbonyl (C=O) groups is 2. The summed E-state index contributed by atoms with van der Waals surface area (Å²) in [6.07, 6.45) is -0.770. The van der Waals surface area contributed by atoms with Crippen molar-refractivity contribution in [3.8, 4) is 17.2 Å². The van der Waals surface area contributed by atoms with Crippen LogP contribution in [0.2, 0.25) is 0 Å². The third kappa shape index (κ3) is 5.70. The molecule has 2 aromatic rings. The first-order valence-corrected chi connectivity index (χ1v) is 8.07. The molecule has 0 aromatic heterocycles. The molecule has 1 atom stereocenters. The minimum Gasteiger partial charge on any atom is -0.493 e. The summed E-state index contributed by atoms with van der Waals surface area (Å²) in [6, 6.07) is 14.3. The molecule has 7 heteroatoms. The Morgan fingerprint density at radius 1 is 1.00 bits per heavy atom. The first kappa shape index (κ1) is 19.1. The molecule has 2 N–H and O–H groups in total. The summed E-state index contributed by atoms with van der Waals surface area (Å²) in [5.41, 5.74) is 5.68. The van der Waals surface area contributed by atoms with Crippen LogP contribution in [0.4, 0.5) is 0 Å². The van der Waals surface area contributed by atoms with Crippen molar-refractivity contribution in [1.82, 2.24) is 10.9 Å². The van der Waals surface area contributed by atoms with E-state index < -0.39 is 17.9 Å². The van der Waals surface area contributed by atoms with Crippen molar-refractivity contribution in [3.63, 3.8) is 0 Å². The van der Waals surface area contributed by atoms with Gasteiger partial charge in [-0.15, -0.1) is 0 Å². The van der Waals surface area contributed by atoms with Crippen LogP contribution in [0.1, 0.15) is 12.5 Å². The van der Waals surface area contributed by atoms with Crippen LogP contribution < -0.4 is 25.1 Å².